The minimum atomic E-state index is 0.0199. The highest BCUT2D eigenvalue weighted by Crippen LogP contribution is 2.54. The van der Waals surface area contributed by atoms with Crippen molar-refractivity contribution >= 4 is 27.9 Å². The number of fused-ring (bicyclic) bond motifs is 5. The lowest BCUT2D eigenvalue weighted by atomic mass is 9.71. The van der Waals surface area contributed by atoms with Crippen molar-refractivity contribution in [2.75, 3.05) is 14.1 Å². The van der Waals surface area contributed by atoms with Crippen LogP contribution in [0.5, 0.6) is 0 Å². The molecule has 0 spiro atoms. The summed E-state index contributed by atoms with van der Waals surface area (Å²) in [7, 11) is 4.63. The van der Waals surface area contributed by atoms with Crippen molar-refractivity contribution in [3.05, 3.63) is 82.9 Å². The molecule has 2 aliphatic heterocycles. The molecule has 0 fully saturated rings. The van der Waals surface area contributed by atoms with Gasteiger partial charge in [0.1, 0.15) is 7.05 Å². The molecule has 3 aromatic rings. The molecule has 2 heterocycles. The van der Waals surface area contributed by atoms with Crippen LogP contribution >= 0.6 is 0 Å². The molecule has 0 radical (unpaired) electrons. The second-order valence-corrected chi connectivity index (χ2v) is 11.4. The van der Waals surface area contributed by atoms with Crippen molar-refractivity contribution in [3.63, 3.8) is 0 Å². The van der Waals surface area contributed by atoms with E-state index in [0.717, 1.165) is 6.42 Å². The first kappa shape index (κ1) is 20.7. The van der Waals surface area contributed by atoms with Gasteiger partial charge in [0.15, 0.2) is 5.71 Å². The van der Waals surface area contributed by atoms with Crippen molar-refractivity contribution in [1.29, 1.82) is 0 Å². The van der Waals surface area contributed by atoms with Gasteiger partial charge in [-0.1, -0.05) is 68.4 Å². The first-order chi connectivity index (χ1) is 15.7. The van der Waals surface area contributed by atoms with E-state index in [2.05, 4.69) is 112 Å². The minimum Gasteiger partial charge on any atom is -0.370 e. The predicted octanol–water partition coefficient (Wildman–Crippen LogP) is 6.93. The predicted molar refractivity (Wildman–Crippen MR) is 139 cm³/mol. The first-order valence-corrected chi connectivity index (χ1v) is 12.4. The summed E-state index contributed by atoms with van der Waals surface area (Å²) in [5, 5.41) is 2.69. The Hall–Kier alpha value is -2.87. The topological polar surface area (TPSA) is 6.25 Å². The van der Waals surface area contributed by atoms with E-state index >= 15 is 0 Å². The second kappa shape index (κ2) is 6.82. The Bertz CT molecular complexity index is 1370. The average molecular weight is 436 g/mol. The van der Waals surface area contributed by atoms with Gasteiger partial charge in [0.25, 0.3) is 0 Å². The van der Waals surface area contributed by atoms with Crippen molar-refractivity contribution < 1.29 is 4.58 Å². The molecule has 168 valence electrons. The van der Waals surface area contributed by atoms with Gasteiger partial charge in [0.2, 0.25) is 5.69 Å². The molecule has 0 bridgehead atoms. The fraction of sp³-hybridized carbons (Fsp3) is 0.387. The van der Waals surface area contributed by atoms with Gasteiger partial charge in [-0.3, -0.25) is 0 Å². The van der Waals surface area contributed by atoms with Crippen LogP contribution in [0, 0.1) is 5.41 Å². The number of aryl methyl sites for hydroxylation is 1. The van der Waals surface area contributed by atoms with Gasteiger partial charge in [-0.2, -0.15) is 0 Å². The van der Waals surface area contributed by atoms with E-state index in [4.69, 9.17) is 0 Å². The summed E-state index contributed by atoms with van der Waals surface area (Å²) >= 11 is 0. The van der Waals surface area contributed by atoms with E-state index in [0.29, 0.717) is 6.04 Å². The molecule has 1 unspecified atom stereocenters. The van der Waals surface area contributed by atoms with E-state index in [1.54, 1.807) is 5.57 Å². The lowest BCUT2D eigenvalue weighted by Gasteiger charge is -2.35. The lowest BCUT2D eigenvalue weighted by Crippen LogP contribution is -2.42. The molecule has 3 aromatic carbocycles. The van der Waals surface area contributed by atoms with Gasteiger partial charge >= 0.3 is 0 Å². The van der Waals surface area contributed by atoms with E-state index in [1.807, 2.05) is 0 Å². The van der Waals surface area contributed by atoms with Crippen molar-refractivity contribution in [2.45, 2.75) is 58.4 Å². The summed E-state index contributed by atoms with van der Waals surface area (Å²) in [6.45, 7) is 9.80. The maximum absolute atomic E-state index is 2.62. The highest BCUT2D eigenvalue weighted by Gasteiger charge is 2.52. The number of benzene rings is 3. The second-order valence-electron chi connectivity index (χ2n) is 11.4. The Morgan fingerprint density at radius 1 is 0.909 bits per heavy atom. The molecule has 6 rings (SSSR count). The van der Waals surface area contributed by atoms with Crippen LogP contribution in [0.4, 0.5) is 5.69 Å². The van der Waals surface area contributed by atoms with Gasteiger partial charge in [-0.15, -0.1) is 0 Å². The molecule has 3 aliphatic rings. The maximum Gasteiger partial charge on any atom is 0.217 e. The van der Waals surface area contributed by atoms with Gasteiger partial charge < -0.3 is 4.90 Å². The highest BCUT2D eigenvalue weighted by atomic mass is 15.2. The van der Waals surface area contributed by atoms with Crippen LogP contribution in [0.3, 0.4) is 0 Å². The van der Waals surface area contributed by atoms with Crippen molar-refractivity contribution in [2.24, 2.45) is 5.41 Å². The van der Waals surface area contributed by atoms with Crippen LogP contribution in [0.25, 0.3) is 16.5 Å². The molecule has 0 aromatic heterocycles. The van der Waals surface area contributed by atoms with Crippen molar-refractivity contribution in [3.8, 4) is 0 Å². The molecule has 0 amide bonds. The van der Waals surface area contributed by atoms with Gasteiger partial charge in [0.05, 0.1) is 17.2 Å². The first-order valence-electron chi connectivity index (χ1n) is 12.4. The molecule has 33 heavy (non-hydrogen) atoms. The summed E-state index contributed by atoms with van der Waals surface area (Å²) in [5.41, 5.74) is 10.7. The summed E-state index contributed by atoms with van der Waals surface area (Å²) in [6.07, 6.45) is 3.42. The molecule has 0 N–H and O–H groups in total. The van der Waals surface area contributed by atoms with Gasteiger partial charge in [-0.05, 0) is 49.3 Å². The number of hydrogen-bond acceptors (Lipinski definition) is 1. The fourth-order valence-electron chi connectivity index (χ4n) is 7.18. The normalized spacial score (nSPS) is 22.6. The average Bonchev–Trinajstić information content (AvgIpc) is 3.13. The van der Waals surface area contributed by atoms with Crippen LogP contribution in [0.1, 0.15) is 57.2 Å². The summed E-state index contributed by atoms with van der Waals surface area (Å²) in [6, 6.07) is 23.0. The Morgan fingerprint density at radius 2 is 1.64 bits per heavy atom. The van der Waals surface area contributed by atoms with E-state index < -0.39 is 0 Å². The van der Waals surface area contributed by atoms with E-state index in [9.17, 15) is 0 Å². The van der Waals surface area contributed by atoms with Gasteiger partial charge in [0, 0.05) is 35.3 Å². The fourth-order valence-corrected chi connectivity index (χ4v) is 7.18. The Kier molecular flexibility index (Phi) is 4.28. The summed E-state index contributed by atoms with van der Waals surface area (Å²) in [4.78, 5) is 2.62. The highest BCUT2D eigenvalue weighted by molar-refractivity contribution is 6.02. The summed E-state index contributed by atoms with van der Waals surface area (Å²) in [5.74, 6) is 0. The van der Waals surface area contributed by atoms with Crippen LogP contribution in [0.2, 0.25) is 0 Å². The SMILES string of the molecule is CN1C2=C(CCc3ccccc32)C(C)(C)C1CC1=[N+](C)c2c(ccc3ccccc23)C1(C)C. The third-order valence-electron chi connectivity index (χ3n) is 9.06. The van der Waals surface area contributed by atoms with E-state index in [1.165, 1.54) is 57.4 Å². The molecule has 1 aliphatic carbocycles. The number of rotatable bonds is 2. The lowest BCUT2D eigenvalue weighted by molar-refractivity contribution is -0.402. The third kappa shape index (κ3) is 2.70. The smallest absolute Gasteiger partial charge is 0.217 e. The molecule has 2 nitrogen and oxygen atoms in total. The zero-order chi connectivity index (χ0) is 23.1. The molecule has 0 saturated carbocycles. The number of nitrogens with zero attached hydrogens (tertiary/aromatic N) is 2. The Labute approximate surface area is 198 Å². The maximum atomic E-state index is 2.62. The monoisotopic (exact) mass is 435 g/mol. The van der Waals surface area contributed by atoms with Crippen LogP contribution in [-0.4, -0.2) is 35.3 Å². The Morgan fingerprint density at radius 3 is 2.45 bits per heavy atom. The molecule has 0 saturated heterocycles. The van der Waals surface area contributed by atoms with E-state index in [-0.39, 0.29) is 10.8 Å². The molecular formula is C31H35N2+. The minimum absolute atomic E-state index is 0.0199. The third-order valence-corrected chi connectivity index (χ3v) is 9.06. The molecule has 2 heteroatoms. The zero-order valence-electron chi connectivity index (χ0n) is 20.9. The standard InChI is InChI=1S/C31H35N2/c1-30(2)24-17-15-20-11-7-9-13-22(20)28(24)32(5)26(30)19-27-31(3,4)25-18-16-21-12-8-10-14-23(21)29(25)33(27)6/h7-15,17,27H,16,18-19H2,1-6H3/q+1. The largest absolute Gasteiger partial charge is 0.370 e. The number of hydrogen-bond donors (Lipinski definition) is 0. The quantitative estimate of drug-likeness (QED) is 0.395. The molecule has 1 atom stereocenters. The van der Waals surface area contributed by atoms with Crippen LogP contribution in [0.15, 0.2) is 66.2 Å². The van der Waals surface area contributed by atoms with Crippen molar-refractivity contribution in [1.82, 2.24) is 4.90 Å². The zero-order valence-corrected chi connectivity index (χ0v) is 20.9. The Balaban J connectivity index is 1.45. The summed E-state index contributed by atoms with van der Waals surface area (Å²) < 4.78 is 2.52. The van der Waals surface area contributed by atoms with Gasteiger partial charge in [-0.25, -0.2) is 4.58 Å². The van der Waals surface area contributed by atoms with Crippen LogP contribution in [-0.2, 0) is 11.8 Å². The molecular weight excluding hydrogens is 400 g/mol. The van der Waals surface area contributed by atoms with Crippen LogP contribution < -0.4 is 0 Å².